The van der Waals surface area contributed by atoms with Crippen LogP contribution in [0.5, 0.6) is 5.88 Å². The topological polar surface area (TPSA) is 146 Å². The second-order valence-electron chi connectivity index (χ2n) is 11.5. The van der Waals surface area contributed by atoms with Crippen molar-refractivity contribution >= 4 is 38.2 Å². The van der Waals surface area contributed by atoms with Crippen molar-refractivity contribution in [3.05, 3.63) is 47.4 Å². The summed E-state index contributed by atoms with van der Waals surface area (Å²) in [5.41, 5.74) is 7.32. The van der Waals surface area contributed by atoms with E-state index in [1.165, 1.54) is 6.26 Å². The van der Waals surface area contributed by atoms with E-state index in [1.807, 2.05) is 40.7 Å². The molecule has 0 aromatic carbocycles. The zero-order chi connectivity index (χ0) is 28.3. The van der Waals surface area contributed by atoms with E-state index in [9.17, 15) is 13.2 Å². The monoisotopic (exact) mass is 553 g/mol. The van der Waals surface area contributed by atoms with Crippen molar-refractivity contribution in [3.8, 4) is 5.88 Å². The number of fused-ring (bicyclic) bond motifs is 2. The lowest BCUT2D eigenvalue weighted by Crippen LogP contribution is -2.42. The molecular weight excluding hydrogens is 518 g/mol. The van der Waals surface area contributed by atoms with Crippen LogP contribution in [0.25, 0.3) is 10.8 Å². The first-order chi connectivity index (χ1) is 18.2. The summed E-state index contributed by atoms with van der Waals surface area (Å²) in [5, 5.41) is 4.42. The number of anilines is 2. The smallest absolute Gasteiger partial charge is 0.340 e. The SMILES string of the molecule is CCC(C)(N)c1cnc(O[C@H]2C[C@@H](S(C)(=O)=O)C2)c2cnc(Nc3ccc4c(n3)[C@@H](C)C(C)(C)OC4=O)cc12. The number of cyclic esters (lactones) is 1. The Morgan fingerprint density at radius 1 is 1.18 bits per heavy atom. The summed E-state index contributed by atoms with van der Waals surface area (Å²) < 4.78 is 35.3. The van der Waals surface area contributed by atoms with Crippen molar-refractivity contribution in [1.82, 2.24) is 15.0 Å². The Hall–Kier alpha value is -3.31. The van der Waals surface area contributed by atoms with Gasteiger partial charge in [-0.2, -0.15) is 0 Å². The van der Waals surface area contributed by atoms with Gasteiger partial charge in [0.1, 0.15) is 23.3 Å². The normalized spacial score (nSPS) is 23.8. The van der Waals surface area contributed by atoms with E-state index in [-0.39, 0.29) is 23.2 Å². The van der Waals surface area contributed by atoms with Crippen molar-refractivity contribution in [2.24, 2.45) is 5.73 Å². The molecular formula is C28H35N5O5S. The summed E-state index contributed by atoms with van der Waals surface area (Å²) in [6.07, 6.45) is 6.00. The molecule has 1 unspecified atom stereocenters. The van der Waals surface area contributed by atoms with Gasteiger partial charge in [-0.15, -0.1) is 0 Å². The number of ether oxygens (including phenoxy) is 2. The van der Waals surface area contributed by atoms with Crippen LogP contribution in [-0.2, 0) is 20.1 Å². The summed E-state index contributed by atoms with van der Waals surface area (Å²) in [7, 11) is -3.09. The Morgan fingerprint density at radius 3 is 2.56 bits per heavy atom. The largest absolute Gasteiger partial charge is 0.474 e. The Bertz CT molecular complexity index is 1560. The third kappa shape index (κ3) is 5.05. The van der Waals surface area contributed by atoms with Crippen LogP contribution in [-0.4, -0.2) is 52.5 Å². The first-order valence-corrected chi connectivity index (χ1v) is 15.1. The maximum atomic E-state index is 12.5. The maximum absolute atomic E-state index is 12.5. The summed E-state index contributed by atoms with van der Waals surface area (Å²) >= 11 is 0. The minimum Gasteiger partial charge on any atom is -0.474 e. The molecule has 39 heavy (non-hydrogen) atoms. The van der Waals surface area contributed by atoms with Crippen LogP contribution in [0.1, 0.15) is 81.4 Å². The molecule has 1 aliphatic carbocycles. The highest BCUT2D eigenvalue weighted by Crippen LogP contribution is 2.39. The van der Waals surface area contributed by atoms with Crippen LogP contribution in [0, 0.1) is 0 Å². The number of hydrogen-bond acceptors (Lipinski definition) is 10. The Kier molecular flexibility index (Phi) is 6.58. The number of rotatable bonds is 7. The molecule has 0 spiro atoms. The van der Waals surface area contributed by atoms with E-state index < -0.39 is 21.0 Å². The third-order valence-electron chi connectivity index (χ3n) is 8.23. The molecule has 10 nitrogen and oxygen atoms in total. The first-order valence-electron chi connectivity index (χ1n) is 13.1. The lowest BCUT2D eigenvalue weighted by atomic mass is 9.84. The molecule has 3 aromatic rings. The number of aromatic nitrogens is 3. The van der Waals surface area contributed by atoms with Gasteiger partial charge in [-0.25, -0.2) is 28.2 Å². The van der Waals surface area contributed by atoms with E-state index in [0.29, 0.717) is 53.4 Å². The molecule has 0 radical (unpaired) electrons. The molecule has 1 aliphatic heterocycles. The number of pyridine rings is 3. The van der Waals surface area contributed by atoms with Crippen molar-refractivity contribution in [1.29, 1.82) is 0 Å². The van der Waals surface area contributed by atoms with Gasteiger partial charge in [0, 0.05) is 42.9 Å². The fourth-order valence-electron chi connectivity index (χ4n) is 4.93. The Morgan fingerprint density at radius 2 is 1.90 bits per heavy atom. The number of carbonyl (C=O) groups is 1. The van der Waals surface area contributed by atoms with E-state index in [0.717, 1.165) is 10.9 Å². The van der Waals surface area contributed by atoms with Crippen molar-refractivity contribution in [3.63, 3.8) is 0 Å². The second-order valence-corrected chi connectivity index (χ2v) is 13.8. The number of nitrogens with one attached hydrogen (secondary N) is 1. The highest BCUT2D eigenvalue weighted by molar-refractivity contribution is 7.91. The van der Waals surface area contributed by atoms with Crippen molar-refractivity contribution in [2.45, 2.75) is 82.3 Å². The number of esters is 1. The molecule has 1 saturated carbocycles. The first kappa shape index (κ1) is 27.3. The summed E-state index contributed by atoms with van der Waals surface area (Å²) in [6, 6.07) is 5.34. The summed E-state index contributed by atoms with van der Waals surface area (Å²) in [6.45, 7) is 9.71. The zero-order valence-corrected chi connectivity index (χ0v) is 23.9. The van der Waals surface area contributed by atoms with Crippen molar-refractivity contribution in [2.75, 3.05) is 11.6 Å². The molecule has 208 valence electrons. The molecule has 5 rings (SSSR count). The van der Waals surface area contributed by atoms with Crippen LogP contribution in [0.2, 0.25) is 0 Å². The van der Waals surface area contributed by atoms with Crippen molar-refractivity contribution < 1.29 is 22.7 Å². The predicted octanol–water partition coefficient (Wildman–Crippen LogP) is 4.36. The van der Waals surface area contributed by atoms with Gasteiger partial charge in [0.25, 0.3) is 0 Å². The predicted molar refractivity (Wildman–Crippen MR) is 149 cm³/mol. The number of nitrogens with two attached hydrogens (primary N) is 1. The summed E-state index contributed by atoms with van der Waals surface area (Å²) in [5.74, 6) is 1.03. The van der Waals surface area contributed by atoms with Gasteiger partial charge >= 0.3 is 5.97 Å². The van der Waals surface area contributed by atoms with Crippen LogP contribution >= 0.6 is 0 Å². The number of nitrogens with zero attached hydrogens (tertiary/aromatic N) is 3. The van der Waals surface area contributed by atoms with E-state index in [4.69, 9.17) is 20.2 Å². The highest BCUT2D eigenvalue weighted by Gasteiger charge is 2.40. The van der Waals surface area contributed by atoms with Gasteiger partial charge in [0.2, 0.25) is 5.88 Å². The van der Waals surface area contributed by atoms with Gasteiger partial charge in [-0.3, -0.25) is 0 Å². The third-order valence-corrected chi connectivity index (χ3v) is 9.83. The molecule has 4 heterocycles. The molecule has 0 amide bonds. The van der Waals surface area contributed by atoms with Gasteiger partial charge < -0.3 is 20.5 Å². The van der Waals surface area contributed by atoms with E-state index >= 15 is 0 Å². The van der Waals surface area contributed by atoms with Crippen LogP contribution in [0.3, 0.4) is 0 Å². The molecule has 0 saturated heterocycles. The van der Waals surface area contributed by atoms with Gasteiger partial charge in [-0.05, 0) is 56.3 Å². The molecule has 1 fully saturated rings. The number of hydrogen-bond donors (Lipinski definition) is 2. The minimum atomic E-state index is -3.09. The minimum absolute atomic E-state index is 0.0924. The molecule has 0 bridgehead atoms. The quantitative estimate of drug-likeness (QED) is 0.405. The standard InChI is InChI=1S/C28H35N5O5S/c1-7-28(5,29)21-14-31-25(37-16-10-17(11-16)39(6,35)36)20-13-30-23(12-19(20)21)32-22-9-8-18-24(33-22)15(2)27(3,4)38-26(18)34/h8-9,12-17H,7,10-11,29H2,1-6H3,(H,30,32,33)/t15-,16-,17+,28?/m1/s1. The maximum Gasteiger partial charge on any atom is 0.340 e. The molecule has 3 aromatic heterocycles. The average Bonchev–Trinajstić information content (AvgIpc) is 2.83. The lowest BCUT2D eigenvalue weighted by Gasteiger charge is -2.36. The molecule has 2 atom stereocenters. The fraction of sp³-hybridized carbons (Fsp3) is 0.500. The van der Waals surface area contributed by atoms with Crippen LogP contribution < -0.4 is 15.8 Å². The average molecular weight is 554 g/mol. The van der Waals surface area contributed by atoms with E-state index in [2.05, 4.69) is 15.3 Å². The van der Waals surface area contributed by atoms with E-state index in [1.54, 1.807) is 24.5 Å². The zero-order valence-electron chi connectivity index (χ0n) is 23.1. The molecule has 11 heteroatoms. The Labute approximate surface area is 228 Å². The van der Waals surface area contributed by atoms with Gasteiger partial charge in [0.15, 0.2) is 9.84 Å². The lowest BCUT2D eigenvalue weighted by molar-refractivity contribution is -0.0189. The Balaban J connectivity index is 1.49. The number of carbonyl (C=O) groups excluding carboxylic acids is 1. The number of sulfone groups is 1. The fourth-order valence-corrected chi connectivity index (χ4v) is 6.06. The van der Waals surface area contributed by atoms with Gasteiger partial charge in [-0.1, -0.05) is 13.8 Å². The highest BCUT2D eigenvalue weighted by atomic mass is 32.2. The van der Waals surface area contributed by atoms with Crippen LogP contribution in [0.4, 0.5) is 11.6 Å². The second kappa shape index (κ2) is 9.41. The molecule has 2 aliphatic rings. The summed E-state index contributed by atoms with van der Waals surface area (Å²) in [4.78, 5) is 26.4. The molecule has 3 N–H and O–H groups in total. The van der Waals surface area contributed by atoms with Crippen LogP contribution in [0.15, 0.2) is 30.6 Å². The van der Waals surface area contributed by atoms with Gasteiger partial charge in [0.05, 0.1) is 21.9 Å².